The van der Waals surface area contributed by atoms with E-state index in [0.717, 1.165) is 0 Å². The molecule has 3 rings (SSSR count). The molecule has 0 aromatic heterocycles. The Kier molecular flexibility index (Phi) is 6.33. The van der Waals surface area contributed by atoms with Crippen molar-refractivity contribution in [3.05, 3.63) is 40.4 Å². The smallest absolute Gasteiger partial charge is 0.270 e. The lowest BCUT2D eigenvalue weighted by atomic mass is 10.0. The lowest BCUT2D eigenvalue weighted by Crippen LogP contribution is -2.53. The molecule has 0 saturated heterocycles. The molecule has 1 heterocycles. The number of hydrogen-bond acceptors (Lipinski definition) is 5. The van der Waals surface area contributed by atoms with Gasteiger partial charge in [-0.2, -0.15) is 0 Å². The van der Waals surface area contributed by atoms with Crippen LogP contribution in [0.5, 0.6) is 17.2 Å². The van der Waals surface area contributed by atoms with Crippen LogP contribution in [0, 0.1) is 0 Å². The van der Waals surface area contributed by atoms with Crippen LogP contribution in [0.3, 0.4) is 0 Å². The third-order valence-corrected chi connectivity index (χ3v) is 5.18. The van der Waals surface area contributed by atoms with E-state index < -0.39 is 5.60 Å². The Hall–Kier alpha value is -2.64. The minimum atomic E-state index is -1.05. The van der Waals surface area contributed by atoms with Crippen LogP contribution in [0.15, 0.2) is 30.3 Å². The van der Waals surface area contributed by atoms with Crippen LogP contribution in [-0.4, -0.2) is 38.2 Å². The van der Waals surface area contributed by atoms with Gasteiger partial charge >= 0.3 is 0 Å². The number of ether oxygens (including phenoxy) is 3. The fourth-order valence-corrected chi connectivity index (χ4v) is 3.54. The van der Waals surface area contributed by atoms with Gasteiger partial charge in [-0.15, -0.1) is 0 Å². The van der Waals surface area contributed by atoms with Crippen molar-refractivity contribution in [2.45, 2.75) is 25.9 Å². The van der Waals surface area contributed by atoms with Crippen LogP contribution in [0.25, 0.3) is 0 Å². The largest absolute Gasteiger partial charge is 0.495 e. The van der Waals surface area contributed by atoms with Gasteiger partial charge in [-0.3, -0.25) is 9.59 Å². The van der Waals surface area contributed by atoms with Crippen LogP contribution in [0.1, 0.15) is 20.3 Å². The standard InChI is InChI=1S/C21H22Cl2N2O5/c1-21(2)20(27)25(15-9-12(22)5-6-16(15)30-21)8-7-19(26)24-14-11-17(28-3)13(23)10-18(14)29-4/h5-6,9-11H,7-8H2,1-4H3,(H,24,26). The molecule has 2 amide bonds. The number of fused-ring (bicyclic) bond motifs is 1. The number of nitrogens with zero attached hydrogens (tertiary/aromatic N) is 1. The van der Waals surface area contributed by atoms with Crippen LogP contribution < -0.4 is 24.4 Å². The summed E-state index contributed by atoms with van der Waals surface area (Å²) in [4.78, 5) is 27.0. The van der Waals surface area contributed by atoms with Crippen molar-refractivity contribution in [1.82, 2.24) is 0 Å². The quantitative estimate of drug-likeness (QED) is 0.695. The highest BCUT2D eigenvalue weighted by Crippen LogP contribution is 2.40. The molecule has 30 heavy (non-hydrogen) atoms. The molecule has 1 aliphatic heterocycles. The van der Waals surface area contributed by atoms with Crippen LogP contribution >= 0.6 is 23.2 Å². The Balaban J connectivity index is 1.78. The Morgan fingerprint density at radius 3 is 2.50 bits per heavy atom. The molecule has 7 nitrogen and oxygen atoms in total. The molecule has 0 radical (unpaired) electrons. The molecule has 2 aromatic carbocycles. The molecule has 0 fully saturated rings. The summed E-state index contributed by atoms with van der Waals surface area (Å²) in [7, 11) is 2.95. The summed E-state index contributed by atoms with van der Waals surface area (Å²) in [5.74, 6) is 0.777. The molecule has 1 N–H and O–H groups in total. The average molecular weight is 453 g/mol. The molecule has 0 aliphatic carbocycles. The Morgan fingerprint density at radius 2 is 1.83 bits per heavy atom. The zero-order valence-electron chi connectivity index (χ0n) is 17.0. The lowest BCUT2D eigenvalue weighted by Gasteiger charge is -2.38. The van der Waals surface area contributed by atoms with Gasteiger partial charge in [-0.1, -0.05) is 23.2 Å². The van der Waals surface area contributed by atoms with Crippen molar-refractivity contribution >= 4 is 46.4 Å². The van der Waals surface area contributed by atoms with E-state index in [0.29, 0.717) is 38.7 Å². The third kappa shape index (κ3) is 4.42. The van der Waals surface area contributed by atoms with Gasteiger partial charge in [0.25, 0.3) is 5.91 Å². The minimum absolute atomic E-state index is 0.0435. The monoisotopic (exact) mass is 452 g/mol. The number of carbonyl (C=O) groups is 2. The molecular weight excluding hydrogens is 431 g/mol. The van der Waals surface area contributed by atoms with Crippen molar-refractivity contribution in [3.8, 4) is 17.2 Å². The number of amides is 2. The fraction of sp³-hybridized carbons (Fsp3) is 0.333. The van der Waals surface area contributed by atoms with Crippen LogP contribution in [0.4, 0.5) is 11.4 Å². The predicted molar refractivity (Wildman–Crippen MR) is 116 cm³/mol. The second-order valence-corrected chi connectivity index (χ2v) is 8.01. The van der Waals surface area contributed by atoms with Gasteiger partial charge in [0.2, 0.25) is 5.91 Å². The average Bonchev–Trinajstić information content (AvgIpc) is 2.69. The summed E-state index contributed by atoms with van der Waals surface area (Å²) in [6.45, 7) is 3.52. The van der Waals surface area contributed by atoms with E-state index >= 15 is 0 Å². The molecule has 2 aromatic rings. The van der Waals surface area contributed by atoms with Crippen molar-refractivity contribution in [2.24, 2.45) is 0 Å². The normalized spacial score (nSPS) is 14.6. The van der Waals surface area contributed by atoms with Gasteiger partial charge in [0.15, 0.2) is 5.60 Å². The molecule has 0 unspecified atom stereocenters. The molecule has 0 spiro atoms. The number of anilines is 2. The highest BCUT2D eigenvalue weighted by molar-refractivity contribution is 6.32. The molecule has 0 saturated carbocycles. The number of benzene rings is 2. The summed E-state index contributed by atoms with van der Waals surface area (Å²) < 4.78 is 16.3. The molecule has 1 aliphatic rings. The number of hydrogen-bond donors (Lipinski definition) is 1. The van der Waals surface area contributed by atoms with Crippen LogP contribution in [-0.2, 0) is 9.59 Å². The van der Waals surface area contributed by atoms with E-state index in [1.165, 1.54) is 19.1 Å². The van der Waals surface area contributed by atoms with Gasteiger partial charge in [-0.25, -0.2) is 0 Å². The number of methoxy groups -OCH3 is 2. The maximum atomic E-state index is 12.9. The lowest BCUT2D eigenvalue weighted by molar-refractivity contribution is -0.132. The number of rotatable bonds is 6. The van der Waals surface area contributed by atoms with Gasteiger partial charge < -0.3 is 24.4 Å². The van der Waals surface area contributed by atoms with Crippen molar-refractivity contribution in [3.63, 3.8) is 0 Å². The molecule has 160 valence electrons. The molecular formula is C21H22Cl2N2O5. The third-order valence-electron chi connectivity index (χ3n) is 4.65. The highest BCUT2D eigenvalue weighted by Gasteiger charge is 2.41. The van der Waals surface area contributed by atoms with Crippen LogP contribution in [0.2, 0.25) is 10.0 Å². The second kappa shape index (κ2) is 8.62. The maximum Gasteiger partial charge on any atom is 0.270 e. The fourth-order valence-electron chi connectivity index (χ4n) is 3.15. The van der Waals surface area contributed by atoms with E-state index in [9.17, 15) is 9.59 Å². The summed E-state index contributed by atoms with van der Waals surface area (Å²) >= 11 is 12.2. The first kappa shape index (κ1) is 22.1. The molecule has 9 heteroatoms. The summed E-state index contributed by atoms with van der Waals surface area (Å²) in [6.07, 6.45) is 0.0435. The van der Waals surface area contributed by atoms with Crippen molar-refractivity contribution in [2.75, 3.05) is 31.0 Å². The van der Waals surface area contributed by atoms with Gasteiger partial charge in [0.1, 0.15) is 17.2 Å². The Labute approximate surface area is 184 Å². The molecule has 0 atom stereocenters. The van der Waals surface area contributed by atoms with E-state index in [1.807, 2.05) is 0 Å². The first-order valence-electron chi connectivity index (χ1n) is 9.18. The highest BCUT2D eigenvalue weighted by atomic mass is 35.5. The van der Waals surface area contributed by atoms with Gasteiger partial charge in [0.05, 0.1) is 30.6 Å². The molecule has 0 bridgehead atoms. The summed E-state index contributed by atoms with van der Waals surface area (Å²) in [6, 6.07) is 8.19. The zero-order valence-corrected chi connectivity index (χ0v) is 18.6. The van der Waals surface area contributed by atoms with Crippen molar-refractivity contribution in [1.29, 1.82) is 0 Å². The summed E-state index contributed by atoms with van der Waals surface area (Å²) in [5, 5.41) is 3.61. The minimum Gasteiger partial charge on any atom is -0.495 e. The Bertz CT molecular complexity index is 994. The van der Waals surface area contributed by atoms with Gasteiger partial charge in [-0.05, 0) is 32.0 Å². The zero-order chi connectivity index (χ0) is 22.1. The summed E-state index contributed by atoms with van der Waals surface area (Å²) in [5.41, 5.74) is -0.101. The SMILES string of the molecule is COc1cc(NC(=O)CCN2C(=O)C(C)(C)Oc3ccc(Cl)cc32)c(OC)cc1Cl. The van der Waals surface area contributed by atoms with E-state index in [4.69, 9.17) is 37.4 Å². The van der Waals surface area contributed by atoms with E-state index in [2.05, 4.69) is 5.32 Å². The first-order valence-corrected chi connectivity index (χ1v) is 9.93. The number of nitrogens with one attached hydrogen (secondary N) is 1. The number of halogens is 2. The topological polar surface area (TPSA) is 77.1 Å². The second-order valence-electron chi connectivity index (χ2n) is 7.17. The Morgan fingerprint density at radius 1 is 1.13 bits per heavy atom. The predicted octanol–water partition coefficient (Wildman–Crippen LogP) is 4.54. The van der Waals surface area contributed by atoms with Gasteiger partial charge in [0, 0.05) is 30.1 Å². The maximum absolute atomic E-state index is 12.9. The number of carbonyl (C=O) groups excluding carboxylic acids is 2. The van der Waals surface area contributed by atoms with Crippen molar-refractivity contribution < 1.29 is 23.8 Å². The van der Waals surface area contributed by atoms with E-state index in [1.54, 1.807) is 44.2 Å². The van der Waals surface area contributed by atoms with E-state index in [-0.39, 0.29) is 24.8 Å². The first-order chi connectivity index (χ1) is 14.2.